The Morgan fingerprint density at radius 1 is 1.38 bits per heavy atom. The molecule has 0 bridgehead atoms. The Kier molecular flexibility index (Phi) is 5.07. The number of hydrogen-bond acceptors (Lipinski definition) is 1. The summed E-state index contributed by atoms with van der Waals surface area (Å²) < 4.78 is 0.444. The molecule has 0 aliphatic carbocycles. The van der Waals surface area contributed by atoms with Crippen LogP contribution in [-0.4, -0.2) is 30.6 Å². The van der Waals surface area contributed by atoms with Gasteiger partial charge in [0, 0.05) is 6.42 Å². The Hall–Kier alpha value is -1.09. The Balaban J connectivity index is 4.29. The van der Waals surface area contributed by atoms with Crippen molar-refractivity contribution in [3.8, 4) is 0 Å². The highest BCUT2D eigenvalue weighted by Gasteiger charge is 2.20. The van der Waals surface area contributed by atoms with Crippen molar-refractivity contribution in [3.05, 3.63) is 25.3 Å². The highest BCUT2D eigenvalue weighted by atomic mass is 16.2. The van der Waals surface area contributed by atoms with Crippen LogP contribution in [0, 0.1) is 0 Å². The van der Waals surface area contributed by atoms with Crippen LogP contribution >= 0.6 is 0 Å². The summed E-state index contributed by atoms with van der Waals surface area (Å²) in [7, 11) is 1.94. The molecule has 0 heterocycles. The van der Waals surface area contributed by atoms with Crippen LogP contribution in [-0.2, 0) is 4.79 Å². The number of rotatable bonds is 6. The summed E-state index contributed by atoms with van der Waals surface area (Å²) in [4.78, 5) is 11.2. The maximum absolute atomic E-state index is 11.2. The molecule has 0 aromatic rings. The molecule has 0 aromatic carbocycles. The molecule has 0 spiro atoms. The smallest absolute Gasteiger partial charge is 0.264 e. The quantitative estimate of drug-likeness (QED) is 0.375. The Morgan fingerprint density at radius 3 is 2.15 bits per heavy atom. The zero-order valence-electron chi connectivity index (χ0n) is 8.55. The maximum atomic E-state index is 11.2. The standard InChI is InChI=1S/C10H18N2O/c1-5-8-12(4,9-6-2)11-10(13)7-3/h5-6H,1-2,7-9H2,3-4H3/p+1. The molecule has 74 valence electrons. The predicted molar refractivity (Wildman–Crippen MR) is 54.7 cm³/mol. The molecule has 0 fully saturated rings. The van der Waals surface area contributed by atoms with Gasteiger partial charge in [-0.05, 0) is 12.2 Å². The molecule has 3 heteroatoms. The number of amides is 1. The lowest BCUT2D eigenvalue weighted by molar-refractivity contribution is -0.932. The first-order valence-corrected chi connectivity index (χ1v) is 4.45. The number of carbonyl (C=O) groups excluding carboxylic acids is 1. The Morgan fingerprint density at radius 2 is 1.85 bits per heavy atom. The van der Waals surface area contributed by atoms with E-state index < -0.39 is 0 Å². The number of likely N-dealkylation sites (N-methyl/N-ethyl adjacent to an activating group) is 1. The van der Waals surface area contributed by atoms with E-state index in [9.17, 15) is 4.79 Å². The van der Waals surface area contributed by atoms with Crippen LogP contribution in [0.15, 0.2) is 25.3 Å². The molecule has 13 heavy (non-hydrogen) atoms. The minimum absolute atomic E-state index is 0.0474. The summed E-state index contributed by atoms with van der Waals surface area (Å²) in [5.74, 6) is 0.0474. The third-order valence-corrected chi connectivity index (χ3v) is 1.78. The van der Waals surface area contributed by atoms with Crippen molar-refractivity contribution in [1.82, 2.24) is 5.43 Å². The lowest BCUT2D eigenvalue weighted by atomic mass is 10.4. The zero-order chi connectivity index (χ0) is 10.3. The maximum Gasteiger partial charge on any atom is 0.264 e. The molecular formula is C10H19N2O+. The van der Waals surface area contributed by atoms with Crippen LogP contribution in [0.1, 0.15) is 13.3 Å². The number of quaternary nitrogens is 1. The van der Waals surface area contributed by atoms with Crippen LogP contribution < -0.4 is 5.43 Å². The number of carbonyl (C=O) groups is 1. The van der Waals surface area contributed by atoms with Gasteiger partial charge < -0.3 is 0 Å². The first-order valence-electron chi connectivity index (χ1n) is 4.45. The SMILES string of the molecule is C=CC[N+](C)(CC=C)NC(=O)CC. The summed E-state index contributed by atoms with van der Waals surface area (Å²) in [5, 5.41) is 0. The van der Waals surface area contributed by atoms with Crippen molar-refractivity contribution < 1.29 is 9.39 Å². The lowest BCUT2D eigenvalue weighted by Crippen LogP contribution is -2.57. The van der Waals surface area contributed by atoms with Crippen molar-refractivity contribution in [3.63, 3.8) is 0 Å². The molecule has 0 rings (SSSR count). The van der Waals surface area contributed by atoms with Crippen LogP contribution in [0.5, 0.6) is 0 Å². The largest absolute Gasteiger partial charge is 0.270 e. The fourth-order valence-electron chi connectivity index (χ4n) is 1.12. The summed E-state index contributed by atoms with van der Waals surface area (Å²) in [5.41, 5.74) is 2.90. The molecule has 0 atom stereocenters. The minimum Gasteiger partial charge on any atom is -0.270 e. The third-order valence-electron chi connectivity index (χ3n) is 1.78. The summed E-state index contributed by atoms with van der Waals surface area (Å²) >= 11 is 0. The van der Waals surface area contributed by atoms with Gasteiger partial charge in [0.2, 0.25) is 0 Å². The van der Waals surface area contributed by atoms with Crippen molar-refractivity contribution >= 4 is 5.91 Å². The van der Waals surface area contributed by atoms with Crippen LogP contribution in [0.4, 0.5) is 0 Å². The molecule has 0 radical (unpaired) electrons. The van der Waals surface area contributed by atoms with Crippen molar-refractivity contribution in [2.24, 2.45) is 0 Å². The highest BCUT2D eigenvalue weighted by molar-refractivity contribution is 5.74. The van der Waals surface area contributed by atoms with Gasteiger partial charge in [-0.15, -0.1) is 0 Å². The number of nitrogens with zero attached hydrogens (tertiary/aromatic N) is 1. The second-order valence-electron chi connectivity index (χ2n) is 3.23. The number of nitrogens with one attached hydrogen (secondary N) is 1. The van der Waals surface area contributed by atoms with Gasteiger partial charge in [-0.2, -0.15) is 0 Å². The van der Waals surface area contributed by atoms with E-state index in [0.717, 1.165) is 0 Å². The fraction of sp³-hybridized carbons (Fsp3) is 0.500. The molecule has 0 unspecified atom stereocenters. The second kappa shape index (κ2) is 5.54. The van der Waals surface area contributed by atoms with E-state index in [0.29, 0.717) is 24.1 Å². The summed E-state index contributed by atoms with van der Waals surface area (Å²) in [6.07, 6.45) is 4.08. The van der Waals surface area contributed by atoms with E-state index >= 15 is 0 Å². The first-order chi connectivity index (χ1) is 6.08. The number of hydrogen-bond donors (Lipinski definition) is 1. The van der Waals surface area contributed by atoms with Gasteiger partial charge in [-0.25, -0.2) is 10.0 Å². The average Bonchev–Trinajstić information content (AvgIpc) is 2.04. The fourth-order valence-corrected chi connectivity index (χ4v) is 1.12. The van der Waals surface area contributed by atoms with Crippen molar-refractivity contribution in [2.45, 2.75) is 13.3 Å². The van der Waals surface area contributed by atoms with Gasteiger partial charge >= 0.3 is 0 Å². The van der Waals surface area contributed by atoms with Crippen LogP contribution in [0.3, 0.4) is 0 Å². The van der Waals surface area contributed by atoms with E-state index in [1.165, 1.54) is 0 Å². The van der Waals surface area contributed by atoms with Crippen molar-refractivity contribution in [1.29, 1.82) is 0 Å². The predicted octanol–water partition coefficient (Wildman–Crippen LogP) is 1.25. The molecule has 0 saturated heterocycles. The second-order valence-corrected chi connectivity index (χ2v) is 3.23. The third kappa shape index (κ3) is 4.48. The highest BCUT2D eigenvalue weighted by Crippen LogP contribution is 1.98. The van der Waals surface area contributed by atoms with E-state index in [-0.39, 0.29) is 5.91 Å². The van der Waals surface area contributed by atoms with E-state index in [1.54, 1.807) is 12.2 Å². The first kappa shape index (κ1) is 11.9. The van der Waals surface area contributed by atoms with Gasteiger partial charge in [0.15, 0.2) is 0 Å². The monoisotopic (exact) mass is 183 g/mol. The summed E-state index contributed by atoms with van der Waals surface area (Å²) in [6, 6.07) is 0. The van der Waals surface area contributed by atoms with E-state index in [4.69, 9.17) is 0 Å². The molecule has 0 aliphatic heterocycles. The Bertz CT molecular complexity index is 189. The molecule has 0 aromatic heterocycles. The van der Waals surface area contributed by atoms with Gasteiger partial charge in [0.05, 0.1) is 7.05 Å². The van der Waals surface area contributed by atoms with E-state index in [2.05, 4.69) is 18.6 Å². The van der Waals surface area contributed by atoms with Gasteiger partial charge in [0.1, 0.15) is 13.1 Å². The molecule has 0 aliphatic rings. The van der Waals surface area contributed by atoms with Gasteiger partial charge in [0.25, 0.3) is 5.91 Å². The van der Waals surface area contributed by atoms with Gasteiger partial charge in [-0.3, -0.25) is 4.79 Å². The van der Waals surface area contributed by atoms with Crippen LogP contribution in [0.2, 0.25) is 0 Å². The molecule has 1 N–H and O–H groups in total. The molecule has 1 amide bonds. The Labute approximate surface area is 80.3 Å². The van der Waals surface area contributed by atoms with Crippen LogP contribution in [0.25, 0.3) is 0 Å². The summed E-state index contributed by atoms with van der Waals surface area (Å²) in [6.45, 7) is 10.6. The van der Waals surface area contributed by atoms with Crippen molar-refractivity contribution in [2.75, 3.05) is 20.1 Å². The lowest BCUT2D eigenvalue weighted by Gasteiger charge is -2.31. The minimum atomic E-state index is 0.0474. The molecule has 0 saturated carbocycles. The zero-order valence-corrected chi connectivity index (χ0v) is 8.55. The van der Waals surface area contributed by atoms with E-state index in [1.807, 2.05) is 14.0 Å². The average molecular weight is 183 g/mol. The molecule has 3 nitrogen and oxygen atoms in total. The molecular weight excluding hydrogens is 164 g/mol. The topological polar surface area (TPSA) is 29.1 Å². The normalized spacial score (nSPS) is 10.6. The van der Waals surface area contributed by atoms with Gasteiger partial charge in [-0.1, -0.05) is 20.1 Å².